The van der Waals surface area contributed by atoms with Gasteiger partial charge in [0, 0.05) is 6.54 Å². The average Bonchev–Trinajstić information content (AvgIpc) is 2.41. The molecule has 6 heteroatoms. The van der Waals surface area contributed by atoms with Crippen LogP contribution in [0.4, 0.5) is 10.3 Å². The highest BCUT2D eigenvalue weighted by molar-refractivity contribution is 5.89. The molecule has 19 heavy (non-hydrogen) atoms. The molecule has 0 saturated heterocycles. The number of carboxylic acid groups (broad SMARTS) is 1. The normalized spacial score (nSPS) is 10.2. The summed E-state index contributed by atoms with van der Waals surface area (Å²) < 4.78 is 12.6. The predicted molar refractivity (Wildman–Crippen MR) is 67.6 cm³/mol. The number of hydrogen-bond acceptors (Lipinski definition) is 4. The minimum atomic E-state index is -0.950. The van der Waals surface area contributed by atoms with Gasteiger partial charge in [-0.05, 0) is 18.1 Å². The summed E-state index contributed by atoms with van der Waals surface area (Å²) in [6, 6.07) is 6.79. The smallest absolute Gasteiger partial charge is 0.335 e. The van der Waals surface area contributed by atoms with Crippen LogP contribution in [0.15, 0.2) is 36.7 Å². The summed E-state index contributed by atoms with van der Waals surface area (Å²) in [6.45, 7) is 0.468. The monoisotopic (exact) mass is 261 g/mol. The van der Waals surface area contributed by atoms with Crippen LogP contribution >= 0.6 is 0 Å². The van der Waals surface area contributed by atoms with Gasteiger partial charge < -0.3 is 10.4 Å². The second-order valence-corrected chi connectivity index (χ2v) is 3.86. The van der Waals surface area contributed by atoms with Gasteiger partial charge >= 0.3 is 5.97 Å². The van der Waals surface area contributed by atoms with Gasteiger partial charge in [-0.1, -0.05) is 18.2 Å². The summed E-state index contributed by atoms with van der Waals surface area (Å²) in [5, 5.41) is 11.9. The quantitative estimate of drug-likeness (QED) is 0.860. The minimum Gasteiger partial charge on any atom is -0.478 e. The van der Waals surface area contributed by atoms with Crippen molar-refractivity contribution >= 4 is 11.9 Å². The van der Waals surface area contributed by atoms with Crippen molar-refractivity contribution < 1.29 is 14.3 Å². The van der Waals surface area contributed by atoms with Crippen LogP contribution < -0.4 is 5.32 Å². The maximum Gasteiger partial charge on any atom is 0.335 e. The Morgan fingerprint density at radius 3 is 2.63 bits per heavy atom. The number of halogens is 1. The molecule has 98 valence electrons. The maximum atomic E-state index is 12.6. The number of nitrogens with zero attached hydrogens (tertiary/aromatic N) is 2. The highest BCUT2D eigenvalue weighted by Gasteiger charge is 2.08. The molecule has 1 aromatic heterocycles. The summed E-state index contributed by atoms with van der Waals surface area (Å²) in [6.07, 6.45) is 2.66. The Balaban J connectivity index is 1.96. The van der Waals surface area contributed by atoms with Gasteiger partial charge in [0.05, 0.1) is 18.0 Å². The molecule has 1 aromatic carbocycles. The van der Waals surface area contributed by atoms with Crippen LogP contribution in [0.2, 0.25) is 0 Å². The van der Waals surface area contributed by atoms with Crippen LogP contribution in [0.1, 0.15) is 15.9 Å². The number of rotatable bonds is 5. The average molecular weight is 261 g/mol. The van der Waals surface area contributed by atoms with E-state index in [9.17, 15) is 9.18 Å². The third-order valence-corrected chi connectivity index (χ3v) is 2.55. The highest BCUT2D eigenvalue weighted by atomic mass is 19.1. The molecule has 0 amide bonds. The number of aromatic nitrogens is 2. The molecule has 0 saturated carbocycles. The molecule has 0 unspecified atom stereocenters. The standard InChI is InChI=1S/C13H12FN3O2/c14-10-7-16-13(17-8-10)15-6-5-9-3-1-2-4-11(9)12(18)19/h1-4,7-8H,5-6H2,(H,18,19)(H,15,16,17). The van der Waals surface area contributed by atoms with E-state index in [1.165, 1.54) is 0 Å². The molecule has 2 N–H and O–H groups in total. The van der Waals surface area contributed by atoms with E-state index >= 15 is 0 Å². The Morgan fingerprint density at radius 2 is 1.95 bits per heavy atom. The van der Waals surface area contributed by atoms with Crippen molar-refractivity contribution in [1.82, 2.24) is 9.97 Å². The van der Waals surface area contributed by atoms with E-state index in [0.29, 0.717) is 18.9 Å². The number of aromatic carboxylic acids is 1. The van der Waals surface area contributed by atoms with Crippen molar-refractivity contribution in [1.29, 1.82) is 0 Å². The first-order chi connectivity index (χ1) is 9.16. The zero-order valence-corrected chi connectivity index (χ0v) is 10.0. The SMILES string of the molecule is O=C(O)c1ccccc1CCNc1ncc(F)cn1. The fourth-order valence-corrected chi connectivity index (χ4v) is 1.66. The maximum absolute atomic E-state index is 12.6. The Hall–Kier alpha value is -2.50. The third kappa shape index (κ3) is 3.48. The van der Waals surface area contributed by atoms with Crippen molar-refractivity contribution in [3.8, 4) is 0 Å². The van der Waals surface area contributed by atoms with Gasteiger partial charge in [-0.3, -0.25) is 0 Å². The van der Waals surface area contributed by atoms with Gasteiger partial charge in [-0.15, -0.1) is 0 Å². The van der Waals surface area contributed by atoms with Crippen LogP contribution in [-0.2, 0) is 6.42 Å². The van der Waals surface area contributed by atoms with Crippen molar-refractivity contribution in [2.75, 3.05) is 11.9 Å². The largest absolute Gasteiger partial charge is 0.478 e. The van der Waals surface area contributed by atoms with Crippen LogP contribution in [0.3, 0.4) is 0 Å². The molecular weight excluding hydrogens is 249 g/mol. The topological polar surface area (TPSA) is 75.1 Å². The highest BCUT2D eigenvalue weighted by Crippen LogP contribution is 2.09. The van der Waals surface area contributed by atoms with E-state index in [2.05, 4.69) is 15.3 Å². The second-order valence-electron chi connectivity index (χ2n) is 3.86. The van der Waals surface area contributed by atoms with Crippen molar-refractivity contribution in [3.63, 3.8) is 0 Å². The van der Waals surface area contributed by atoms with Crippen LogP contribution in [0.25, 0.3) is 0 Å². The first kappa shape index (κ1) is 12.9. The molecule has 2 aromatic rings. The van der Waals surface area contributed by atoms with Gasteiger partial charge in [0.1, 0.15) is 0 Å². The Labute approximate surface area is 109 Å². The van der Waals surface area contributed by atoms with E-state index in [1.807, 2.05) is 0 Å². The first-order valence-corrected chi connectivity index (χ1v) is 5.69. The fraction of sp³-hybridized carbons (Fsp3) is 0.154. The Bertz CT molecular complexity index is 572. The lowest BCUT2D eigenvalue weighted by molar-refractivity contribution is 0.0695. The molecule has 1 heterocycles. The van der Waals surface area contributed by atoms with Gasteiger partial charge in [-0.25, -0.2) is 19.2 Å². The number of anilines is 1. The predicted octanol–water partition coefficient (Wildman–Crippen LogP) is 1.97. The molecule has 0 aliphatic carbocycles. The zero-order valence-electron chi connectivity index (χ0n) is 10.0. The van der Waals surface area contributed by atoms with E-state index in [-0.39, 0.29) is 5.56 Å². The molecule has 0 aliphatic rings. The lowest BCUT2D eigenvalue weighted by Crippen LogP contribution is -2.10. The zero-order chi connectivity index (χ0) is 13.7. The fourth-order valence-electron chi connectivity index (χ4n) is 1.66. The lowest BCUT2D eigenvalue weighted by atomic mass is 10.0. The van der Waals surface area contributed by atoms with E-state index < -0.39 is 11.8 Å². The molecule has 0 bridgehead atoms. The molecule has 2 rings (SSSR count). The van der Waals surface area contributed by atoms with Crippen LogP contribution in [0.5, 0.6) is 0 Å². The van der Waals surface area contributed by atoms with Gasteiger partial charge in [-0.2, -0.15) is 0 Å². The summed E-state index contributed by atoms with van der Waals surface area (Å²) in [5.41, 5.74) is 1.01. The molecule has 0 atom stereocenters. The minimum absolute atomic E-state index is 0.282. The molecular formula is C13H12FN3O2. The number of hydrogen-bond donors (Lipinski definition) is 2. The molecule has 0 fully saturated rings. The van der Waals surface area contributed by atoms with Crippen LogP contribution in [-0.4, -0.2) is 27.6 Å². The number of benzene rings is 1. The van der Waals surface area contributed by atoms with Crippen molar-refractivity contribution in [2.24, 2.45) is 0 Å². The Morgan fingerprint density at radius 1 is 1.26 bits per heavy atom. The number of carbonyl (C=O) groups is 1. The third-order valence-electron chi connectivity index (χ3n) is 2.55. The first-order valence-electron chi connectivity index (χ1n) is 5.69. The van der Waals surface area contributed by atoms with Gasteiger partial charge in [0.25, 0.3) is 0 Å². The molecule has 0 aliphatic heterocycles. The molecule has 0 radical (unpaired) electrons. The van der Waals surface area contributed by atoms with E-state index in [4.69, 9.17) is 5.11 Å². The summed E-state index contributed by atoms with van der Waals surface area (Å²) in [5.74, 6) is -1.13. The molecule has 5 nitrogen and oxygen atoms in total. The van der Waals surface area contributed by atoms with Gasteiger partial charge in [0.2, 0.25) is 5.95 Å². The number of carboxylic acids is 1. The summed E-state index contributed by atoms with van der Waals surface area (Å²) in [7, 11) is 0. The van der Waals surface area contributed by atoms with E-state index in [1.54, 1.807) is 24.3 Å². The van der Waals surface area contributed by atoms with Crippen molar-refractivity contribution in [3.05, 3.63) is 53.6 Å². The Kier molecular flexibility index (Phi) is 4.02. The van der Waals surface area contributed by atoms with E-state index in [0.717, 1.165) is 18.0 Å². The lowest BCUT2D eigenvalue weighted by Gasteiger charge is -2.07. The second kappa shape index (κ2) is 5.90. The summed E-state index contributed by atoms with van der Waals surface area (Å²) >= 11 is 0. The molecule has 0 spiro atoms. The van der Waals surface area contributed by atoms with Gasteiger partial charge in [0.15, 0.2) is 5.82 Å². The van der Waals surface area contributed by atoms with Crippen LogP contribution in [0, 0.1) is 5.82 Å². The van der Waals surface area contributed by atoms with Crippen molar-refractivity contribution in [2.45, 2.75) is 6.42 Å². The summed E-state index contributed by atoms with van der Waals surface area (Å²) in [4.78, 5) is 18.5. The number of nitrogens with one attached hydrogen (secondary N) is 1.